The number of aromatic nitrogens is 3. The third-order valence-corrected chi connectivity index (χ3v) is 5.29. The molecule has 128 valence electrons. The summed E-state index contributed by atoms with van der Waals surface area (Å²) >= 11 is 13.5. The van der Waals surface area contributed by atoms with Crippen LogP contribution < -0.4 is 5.32 Å². The molecule has 0 unspecified atom stereocenters. The first-order chi connectivity index (χ1) is 11.6. The summed E-state index contributed by atoms with van der Waals surface area (Å²) in [6.45, 7) is 3.00. The maximum absolute atomic E-state index is 12.2. The van der Waals surface area contributed by atoms with E-state index in [0.717, 1.165) is 23.9 Å². The third kappa shape index (κ3) is 4.05. The van der Waals surface area contributed by atoms with Crippen molar-refractivity contribution in [3.05, 3.63) is 34.1 Å². The minimum Gasteiger partial charge on any atom is -0.323 e. The highest BCUT2D eigenvalue weighted by molar-refractivity contribution is 7.99. The van der Waals surface area contributed by atoms with Crippen LogP contribution in [0.5, 0.6) is 0 Å². The van der Waals surface area contributed by atoms with Crippen molar-refractivity contribution in [3.63, 3.8) is 0 Å². The molecule has 0 spiro atoms. The van der Waals surface area contributed by atoms with E-state index in [2.05, 4.69) is 27.0 Å². The van der Waals surface area contributed by atoms with Gasteiger partial charge in [-0.25, -0.2) is 0 Å². The van der Waals surface area contributed by atoms with E-state index in [1.54, 1.807) is 18.2 Å². The zero-order valence-electron chi connectivity index (χ0n) is 13.3. The first kappa shape index (κ1) is 17.6. The lowest BCUT2D eigenvalue weighted by atomic mass is 10.3. The smallest absolute Gasteiger partial charge is 0.234 e. The molecule has 1 N–H and O–H groups in total. The van der Waals surface area contributed by atoms with Crippen molar-refractivity contribution in [2.45, 2.75) is 43.8 Å². The van der Waals surface area contributed by atoms with Gasteiger partial charge in [0.05, 0.1) is 21.5 Å². The fraction of sp³-hybridized carbons (Fsp3) is 0.438. The molecule has 0 radical (unpaired) electrons. The van der Waals surface area contributed by atoms with E-state index >= 15 is 0 Å². The summed E-state index contributed by atoms with van der Waals surface area (Å²) in [5.74, 6) is 1.64. The summed E-state index contributed by atoms with van der Waals surface area (Å²) in [5, 5.41) is 13.0. The van der Waals surface area contributed by atoms with Crippen molar-refractivity contribution in [2.24, 2.45) is 0 Å². The van der Waals surface area contributed by atoms with Crippen LogP contribution in [0.15, 0.2) is 23.4 Å². The number of amides is 1. The van der Waals surface area contributed by atoms with Gasteiger partial charge in [0.15, 0.2) is 5.16 Å². The van der Waals surface area contributed by atoms with Crippen molar-refractivity contribution in [1.29, 1.82) is 0 Å². The molecule has 3 rings (SSSR count). The summed E-state index contributed by atoms with van der Waals surface area (Å²) in [4.78, 5) is 12.2. The molecular formula is C16H18Cl2N4OS. The predicted octanol–water partition coefficient (Wildman–Crippen LogP) is 4.60. The Morgan fingerprint density at radius 1 is 1.33 bits per heavy atom. The lowest BCUT2D eigenvalue weighted by molar-refractivity contribution is -0.113. The number of rotatable bonds is 7. The average Bonchev–Trinajstić information content (AvgIpc) is 3.32. The van der Waals surface area contributed by atoms with Gasteiger partial charge in [-0.3, -0.25) is 4.79 Å². The quantitative estimate of drug-likeness (QED) is 0.708. The number of hydrogen-bond acceptors (Lipinski definition) is 4. The minimum absolute atomic E-state index is 0.172. The molecule has 1 aromatic carbocycles. The largest absolute Gasteiger partial charge is 0.323 e. The normalized spacial score (nSPS) is 14.0. The Morgan fingerprint density at radius 2 is 2.04 bits per heavy atom. The molecule has 8 heteroatoms. The van der Waals surface area contributed by atoms with Crippen LogP contribution in [0.4, 0.5) is 5.69 Å². The maximum atomic E-state index is 12.2. The van der Waals surface area contributed by atoms with Gasteiger partial charge in [-0.2, -0.15) is 0 Å². The Morgan fingerprint density at radius 3 is 2.67 bits per heavy atom. The van der Waals surface area contributed by atoms with Gasteiger partial charge in [0.25, 0.3) is 0 Å². The molecule has 1 fully saturated rings. The predicted molar refractivity (Wildman–Crippen MR) is 98.1 cm³/mol. The van der Waals surface area contributed by atoms with Crippen LogP contribution in [0.3, 0.4) is 0 Å². The summed E-state index contributed by atoms with van der Waals surface area (Å²) in [6, 6.07) is 5.12. The van der Waals surface area contributed by atoms with Crippen LogP contribution in [0.25, 0.3) is 0 Å². The molecule has 1 saturated carbocycles. The number of carbonyl (C=O) groups excluding carboxylic acids is 1. The molecule has 1 amide bonds. The van der Waals surface area contributed by atoms with E-state index in [1.807, 2.05) is 0 Å². The lowest BCUT2D eigenvalue weighted by Gasteiger charge is -2.10. The molecule has 0 aliphatic heterocycles. The molecule has 0 atom stereocenters. The van der Waals surface area contributed by atoms with Crippen molar-refractivity contribution in [1.82, 2.24) is 14.8 Å². The van der Waals surface area contributed by atoms with Gasteiger partial charge in [-0.05, 0) is 31.4 Å². The molecule has 0 saturated heterocycles. The number of anilines is 1. The maximum Gasteiger partial charge on any atom is 0.234 e. The number of benzene rings is 1. The Labute approximate surface area is 155 Å². The highest BCUT2D eigenvalue weighted by atomic mass is 35.5. The number of nitrogens with one attached hydrogen (secondary N) is 1. The van der Waals surface area contributed by atoms with Crippen LogP contribution in [-0.2, 0) is 11.3 Å². The zero-order chi connectivity index (χ0) is 17.1. The monoisotopic (exact) mass is 384 g/mol. The number of thioether (sulfide) groups is 1. The van der Waals surface area contributed by atoms with Crippen molar-refractivity contribution in [2.75, 3.05) is 11.1 Å². The average molecular weight is 385 g/mol. The Balaban J connectivity index is 1.64. The Hall–Kier alpha value is -1.24. The van der Waals surface area contributed by atoms with Gasteiger partial charge in [0, 0.05) is 12.5 Å². The van der Waals surface area contributed by atoms with Gasteiger partial charge in [-0.1, -0.05) is 48.0 Å². The molecule has 1 aliphatic rings. The number of nitrogens with zero attached hydrogens (tertiary/aromatic N) is 3. The first-order valence-electron chi connectivity index (χ1n) is 7.90. The van der Waals surface area contributed by atoms with E-state index < -0.39 is 0 Å². The van der Waals surface area contributed by atoms with Gasteiger partial charge in [0.1, 0.15) is 5.82 Å². The van der Waals surface area contributed by atoms with Crippen LogP contribution in [0.1, 0.15) is 37.9 Å². The molecule has 1 heterocycles. The third-order valence-electron chi connectivity index (χ3n) is 3.69. The van der Waals surface area contributed by atoms with Crippen molar-refractivity contribution < 1.29 is 4.79 Å². The van der Waals surface area contributed by atoms with Crippen LogP contribution in [0, 0.1) is 0 Å². The second-order valence-corrected chi connectivity index (χ2v) is 7.46. The van der Waals surface area contributed by atoms with E-state index in [4.69, 9.17) is 23.2 Å². The van der Waals surface area contributed by atoms with Gasteiger partial charge in [0.2, 0.25) is 5.91 Å². The van der Waals surface area contributed by atoms with Crippen molar-refractivity contribution >= 4 is 46.6 Å². The zero-order valence-corrected chi connectivity index (χ0v) is 15.6. The second kappa shape index (κ2) is 7.76. The fourth-order valence-corrected chi connectivity index (χ4v) is 3.67. The van der Waals surface area contributed by atoms with Gasteiger partial charge < -0.3 is 9.88 Å². The number of hydrogen-bond donors (Lipinski definition) is 1. The SMILES string of the molecule is CCCn1c(SCC(=O)Nc2c(Cl)cccc2Cl)nnc1C1CC1. The van der Waals surface area contributed by atoms with Crippen LogP contribution in [0.2, 0.25) is 10.0 Å². The number of halogens is 2. The highest BCUT2D eigenvalue weighted by Gasteiger charge is 2.30. The fourth-order valence-electron chi connectivity index (χ4n) is 2.41. The molecular weight excluding hydrogens is 367 g/mol. The minimum atomic E-state index is -0.172. The van der Waals surface area contributed by atoms with Crippen molar-refractivity contribution in [3.8, 4) is 0 Å². The van der Waals surface area contributed by atoms with Gasteiger partial charge in [-0.15, -0.1) is 10.2 Å². The summed E-state index contributed by atoms with van der Waals surface area (Å²) in [7, 11) is 0. The summed E-state index contributed by atoms with van der Waals surface area (Å²) in [5.41, 5.74) is 0.445. The van der Waals surface area contributed by atoms with Crippen LogP contribution >= 0.6 is 35.0 Å². The molecule has 1 aromatic heterocycles. The number of para-hydroxylation sites is 1. The number of carbonyl (C=O) groups is 1. The van der Waals surface area contributed by atoms with Crippen LogP contribution in [-0.4, -0.2) is 26.4 Å². The topological polar surface area (TPSA) is 59.8 Å². The first-order valence-corrected chi connectivity index (χ1v) is 9.64. The van der Waals surface area contributed by atoms with E-state index in [9.17, 15) is 4.79 Å². The van der Waals surface area contributed by atoms with E-state index in [0.29, 0.717) is 21.7 Å². The lowest BCUT2D eigenvalue weighted by Crippen LogP contribution is -2.15. The van der Waals surface area contributed by atoms with E-state index in [-0.39, 0.29) is 11.7 Å². The standard InChI is InChI=1S/C16H18Cl2N4OS/c1-2-8-22-15(10-6-7-10)20-21-16(22)24-9-13(23)19-14-11(17)4-3-5-12(14)18/h3-5,10H,2,6-9H2,1H3,(H,19,23). The summed E-state index contributed by atoms with van der Waals surface area (Å²) < 4.78 is 2.14. The second-order valence-electron chi connectivity index (χ2n) is 5.70. The molecule has 0 bridgehead atoms. The molecule has 2 aromatic rings. The highest BCUT2D eigenvalue weighted by Crippen LogP contribution is 2.40. The Kier molecular flexibility index (Phi) is 5.69. The van der Waals surface area contributed by atoms with Gasteiger partial charge >= 0.3 is 0 Å². The molecule has 1 aliphatic carbocycles. The molecule has 24 heavy (non-hydrogen) atoms. The molecule has 5 nitrogen and oxygen atoms in total. The van der Waals surface area contributed by atoms with E-state index in [1.165, 1.54) is 24.6 Å². The summed E-state index contributed by atoms with van der Waals surface area (Å²) in [6.07, 6.45) is 3.36. The Bertz CT molecular complexity index is 725.